The van der Waals surface area contributed by atoms with Crippen LogP contribution in [0.1, 0.15) is 19.4 Å². The molecule has 0 amide bonds. The zero-order chi connectivity index (χ0) is 29.1. The van der Waals surface area contributed by atoms with Gasteiger partial charge in [0.1, 0.15) is 17.3 Å². The van der Waals surface area contributed by atoms with Crippen LogP contribution in [-0.4, -0.2) is 31.9 Å². The smallest absolute Gasteiger partial charge is 0.416 e. The molecule has 0 spiro atoms. The number of nitrogens with zero attached hydrogens (tertiary/aromatic N) is 2. The number of aryl methyl sites for hydroxylation is 1. The Morgan fingerprint density at radius 1 is 1.00 bits per heavy atom. The van der Waals surface area contributed by atoms with Crippen LogP contribution >= 0.6 is 0 Å². The minimum absolute atomic E-state index is 0.113. The third-order valence-electron chi connectivity index (χ3n) is 6.08. The molecule has 2 aromatic carbocycles. The first-order chi connectivity index (χ1) is 18.9. The summed E-state index contributed by atoms with van der Waals surface area (Å²) in [5.74, 6) is 1.04. The summed E-state index contributed by atoms with van der Waals surface area (Å²) < 4.78 is 78.9. The van der Waals surface area contributed by atoms with E-state index < -0.39 is 21.8 Å². The number of benzene rings is 2. The second-order valence-corrected chi connectivity index (χ2v) is 10.9. The molecular weight excluding hydrogens is 547 g/mol. The Kier molecular flexibility index (Phi) is 8.29. The molecule has 2 heterocycles. The van der Waals surface area contributed by atoms with Crippen molar-refractivity contribution in [3.05, 3.63) is 94.8 Å². The van der Waals surface area contributed by atoms with Crippen molar-refractivity contribution in [1.82, 2.24) is 4.57 Å². The number of rotatable bonds is 9. The fourth-order valence-electron chi connectivity index (χ4n) is 3.95. The van der Waals surface area contributed by atoms with Gasteiger partial charge in [-0.1, -0.05) is 0 Å². The quantitative estimate of drug-likeness (QED) is 0.361. The molecule has 0 saturated carbocycles. The van der Waals surface area contributed by atoms with Gasteiger partial charge in [0.05, 0.1) is 17.9 Å². The molecule has 212 valence electrons. The van der Waals surface area contributed by atoms with Crippen LogP contribution in [0.25, 0.3) is 11.1 Å². The molecular formula is C28H28F3N3O5S. The molecule has 0 bridgehead atoms. The predicted molar refractivity (Wildman–Crippen MR) is 148 cm³/mol. The van der Waals surface area contributed by atoms with Crippen molar-refractivity contribution < 1.29 is 31.1 Å². The van der Waals surface area contributed by atoms with Crippen LogP contribution in [-0.2, 0) is 23.2 Å². The Bertz CT molecular complexity index is 1610. The van der Waals surface area contributed by atoms with Crippen LogP contribution in [0.15, 0.2) is 83.6 Å². The molecule has 1 aliphatic heterocycles. The van der Waals surface area contributed by atoms with Crippen molar-refractivity contribution in [2.45, 2.75) is 20.0 Å². The Morgan fingerprint density at radius 3 is 2.33 bits per heavy atom. The van der Waals surface area contributed by atoms with E-state index >= 15 is 0 Å². The van der Waals surface area contributed by atoms with Crippen LogP contribution in [0.4, 0.5) is 24.5 Å². The number of alkyl halides is 3. The lowest BCUT2D eigenvalue weighted by Crippen LogP contribution is -2.20. The molecule has 0 atom stereocenters. The van der Waals surface area contributed by atoms with Crippen LogP contribution in [0.2, 0.25) is 0 Å². The minimum atomic E-state index is -4.41. The Balaban J connectivity index is 1.66. The number of halogens is 3. The molecule has 4 rings (SSSR count). The van der Waals surface area contributed by atoms with Crippen molar-refractivity contribution in [3.63, 3.8) is 0 Å². The molecule has 1 aromatic heterocycles. The number of allylic oxidation sites excluding steroid dienone is 1. The van der Waals surface area contributed by atoms with Crippen LogP contribution in [0.5, 0.6) is 11.5 Å². The maximum atomic E-state index is 12.9. The molecule has 40 heavy (non-hydrogen) atoms. The van der Waals surface area contributed by atoms with Gasteiger partial charge in [0.25, 0.3) is 5.56 Å². The van der Waals surface area contributed by atoms with Gasteiger partial charge in [-0.15, -0.1) is 0 Å². The number of anilines is 2. The number of aromatic nitrogens is 1. The highest BCUT2D eigenvalue weighted by Crippen LogP contribution is 2.39. The summed E-state index contributed by atoms with van der Waals surface area (Å²) >= 11 is 0. The van der Waals surface area contributed by atoms with E-state index in [1.807, 2.05) is 0 Å². The van der Waals surface area contributed by atoms with Crippen molar-refractivity contribution in [1.29, 1.82) is 0 Å². The van der Waals surface area contributed by atoms with Gasteiger partial charge in [0, 0.05) is 54.6 Å². The molecule has 12 heteroatoms. The third kappa shape index (κ3) is 6.68. The Labute approximate surface area is 230 Å². The van der Waals surface area contributed by atoms with Crippen molar-refractivity contribution in [2.75, 3.05) is 28.5 Å². The van der Waals surface area contributed by atoms with Crippen molar-refractivity contribution in [3.8, 4) is 22.6 Å². The molecule has 0 fully saturated rings. The lowest BCUT2D eigenvalue weighted by atomic mass is 10.0. The molecule has 1 aliphatic rings. The van der Waals surface area contributed by atoms with E-state index in [1.165, 1.54) is 29.7 Å². The highest BCUT2D eigenvalue weighted by molar-refractivity contribution is 7.92. The fraction of sp³-hybridized carbons (Fsp3) is 0.250. The highest BCUT2D eigenvalue weighted by Gasteiger charge is 2.30. The maximum absolute atomic E-state index is 12.9. The van der Waals surface area contributed by atoms with E-state index in [4.69, 9.17) is 9.47 Å². The topological polar surface area (TPSA) is 89.9 Å². The van der Waals surface area contributed by atoms with Crippen molar-refractivity contribution >= 4 is 21.4 Å². The fourth-order valence-corrected chi connectivity index (χ4v) is 4.58. The summed E-state index contributed by atoms with van der Waals surface area (Å²) in [5, 5.41) is 0. The zero-order valence-electron chi connectivity index (χ0n) is 22.0. The number of sulfonamides is 1. The lowest BCUT2D eigenvalue weighted by molar-refractivity contribution is -0.137. The second kappa shape index (κ2) is 11.5. The average Bonchev–Trinajstić information content (AvgIpc) is 2.91. The van der Waals surface area contributed by atoms with E-state index in [9.17, 15) is 26.4 Å². The van der Waals surface area contributed by atoms with E-state index in [1.54, 1.807) is 61.6 Å². The van der Waals surface area contributed by atoms with Crippen molar-refractivity contribution in [2.24, 2.45) is 7.05 Å². The third-order valence-corrected chi connectivity index (χ3v) is 7.38. The number of hydrogen-bond acceptors (Lipinski definition) is 6. The summed E-state index contributed by atoms with van der Waals surface area (Å²) in [6, 6.07) is 11.0. The van der Waals surface area contributed by atoms with E-state index in [0.29, 0.717) is 52.9 Å². The molecule has 0 aliphatic carbocycles. The standard InChI is InChI=1S/C28H28F3N3O5S/c1-4-38-26-17-27(35)33(3)18-24(26)23-16-20(32-40(36,37)5-2)8-11-25(23)39-22-12-14-34(15-13-22)21-9-6-19(7-10-21)28(29,30)31/h6-14,16-18,32H,4-5,15H2,1-3H3. The SMILES string of the molecule is CCOc1cc(=O)n(C)cc1-c1cc(NS(=O)(=O)CC)ccc1OC1=CCN(c2ccc(C(F)(F)F)cc2)C=C1. The monoisotopic (exact) mass is 575 g/mol. The van der Waals surface area contributed by atoms with Gasteiger partial charge in [0.15, 0.2) is 0 Å². The van der Waals surface area contributed by atoms with Gasteiger partial charge >= 0.3 is 6.18 Å². The van der Waals surface area contributed by atoms with E-state index in [-0.39, 0.29) is 11.3 Å². The largest absolute Gasteiger partial charge is 0.493 e. The first-order valence-electron chi connectivity index (χ1n) is 12.4. The first kappa shape index (κ1) is 28.8. The van der Waals surface area contributed by atoms with Gasteiger partial charge < -0.3 is 18.9 Å². The highest BCUT2D eigenvalue weighted by atomic mass is 32.2. The molecule has 8 nitrogen and oxygen atoms in total. The summed E-state index contributed by atoms with van der Waals surface area (Å²) in [6.45, 7) is 3.94. The maximum Gasteiger partial charge on any atom is 0.416 e. The van der Waals surface area contributed by atoms with Gasteiger partial charge in [-0.3, -0.25) is 9.52 Å². The lowest BCUT2D eigenvalue weighted by Gasteiger charge is -2.24. The molecule has 1 N–H and O–H groups in total. The number of ether oxygens (including phenoxy) is 2. The molecule has 3 aromatic rings. The van der Waals surface area contributed by atoms with Gasteiger partial charge in [-0.2, -0.15) is 13.2 Å². The second-order valence-electron chi connectivity index (χ2n) is 8.87. The van der Waals surface area contributed by atoms with Gasteiger partial charge in [0.2, 0.25) is 10.0 Å². The Hall–Kier alpha value is -4.19. The van der Waals surface area contributed by atoms with E-state index in [2.05, 4.69) is 4.72 Å². The van der Waals surface area contributed by atoms with Gasteiger partial charge in [-0.25, -0.2) is 8.42 Å². The molecule has 0 saturated heterocycles. The number of hydrogen-bond donors (Lipinski definition) is 1. The minimum Gasteiger partial charge on any atom is -0.493 e. The zero-order valence-corrected chi connectivity index (χ0v) is 22.8. The first-order valence-corrected chi connectivity index (χ1v) is 14.0. The van der Waals surface area contributed by atoms with Crippen LogP contribution in [0.3, 0.4) is 0 Å². The predicted octanol–water partition coefficient (Wildman–Crippen LogP) is 5.53. The summed E-state index contributed by atoms with van der Waals surface area (Å²) in [6.07, 6.45) is 2.31. The van der Waals surface area contributed by atoms with E-state index in [0.717, 1.165) is 12.1 Å². The summed E-state index contributed by atoms with van der Waals surface area (Å²) in [4.78, 5) is 14.1. The van der Waals surface area contributed by atoms with Crippen LogP contribution in [0, 0.1) is 0 Å². The normalized spacial score (nSPS) is 13.7. The van der Waals surface area contributed by atoms with Gasteiger partial charge in [-0.05, 0) is 68.5 Å². The number of nitrogens with one attached hydrogen (secondary N) is 1. The summed E-state index contributed by atoms with van der Waals surface area (Å²) in [7, 11) is -1.97. The average molecular weight is 576 g/mol. The molecule has 0 unspecified atom stereocenters. The number of pyridine rings is 1. The van der Waals surface area contributed by atoms with Crippen LogP contribution < -0.4 is 24.7 Å². The summed E-state index contributed by atoms with van der Waals surface area (Å²) in [5.41, 5.74) is 0.886. The Morgan fingerprint density at radius 2 is 1.73 bits per heavy atom. The molecule has 0 radical (unpaired) electrons.